The largest absolute Gasteiger partial charge is 0.453 e. The molecule has 45 heavy (non-hydrogen) atoms. The number of allylic oxidation sites excluding steroid dienone is 4. The molecule has 1 saturated carbocycles. The Morgan fingerprint density at radius 1 is 1.11 bits per heavy atom. The first kappa shape index (κ1) is 31.8. The van der Waals surface area contributed by atoms with Gasteiger partial charge in [0.1, 0.15) is 11.2 Å². The van der Waals surface area contributed by atoms with Crippen molar-refractivity contribution >= 4 is 39.1 Å². The number of ether oxygens (including phenoxy) is 2. The van der Waals surface area contributed by atoms with E-state index in [4.69, 9.17) is 9.47 Å². The number of hydrogen-bond acceptors (Lipinski definition) is 7. The number of halogens is 1. The second-order valence-corrected chi connectivity index (χ2v) is 11.7. The lowest BCUT2D eigenvalue weighted by Gasteiger charge is -2.16. The van der Waals surface area contributed by atoms with Gasteiger partial charge in [0.25, 0.3) is 0 Å². The van der Waals surface area contributed by atoms with Crippen LogP contribution < -0.4 is 20.7 Å². The second-order valence-electron chi connectivity index (χ2n) is 10.6. The highest BCUT2D eigenvalue weighted by Crippen LogP contribution is 2.47. The number of thiophene rings is 1. The Morgan fingerprint density at radius 3 is 2.69 bits per heavy atom. The zero-order valence-corrected chi connectivity index (χ0v) is 26.0. The summed E-state index contributed by atoms with van der Waals surface area (Å²) in [5.41, 5.74) is 2.51. The van der Waals surface area contributed by atoms with E-state index < -0.39 is 23.0 Å². The molecule has 0 aliphatic heterocycles. The molecule has 1 aliphatic rings. The molecule has 0 bridgehead atoms. The molecule has 1 aliphatic carbocycles. The first-order chi connectivity index (χ1) is 21.9. The van der Waals surface area contributed by atoms with Gasteiger partial charge in [-0.05, 0) is 67.3 Å². The van der Waals surface area contributed by atoms with Gasteiger partial charge in [-0.25, -0.2) is 4.39 Å². The number of nitrogens with zero attached hydrogens (tertiary/aromatic N) is 1. The molecule has 232 valence electrons. The van der Waals surface area contributed by atoms with Crippen LogP contribution in [0.15, 0.2) is 97.4 Å². The molecule has 2 aromatic carbocycles. The van der Waals surface area contributed by atoms with Crippen LogP contribution >= 0.6 is 11.3 Å². The van der Waals surface area contributed by atoms with Gasteiger partial charge in [0, 0.05) is 54.8 Å². The number of carbonyl (C=O) groups is 2. The van der Waals surface area contributed by atoms with Crippen molar-refractivity contribution in [1.29, 1.82) is 0 Å². The van der Waals surface area contributed by atoms with E-state index in [1.807, 2.05) is 25.1 Å². The summed E-state index contributed by atoms with van der Waals surface area (Å²) >= 11 is 1.52. The van der Waals surface area contributed by atoms with Crippen molar-refractivity contribution < 1.29 is 23.5 Å². The van der Waals surface area contributed by atoms with Crippen LogP contribution in [0.2, 0.25) is 0 Å². The van der Waals surface area contributed by atoms with Crippen LogP contribution in [0.5, 0.6) is 11.5 Å². The number of aromatic nitrogens is 1. The van der Waals surface area contributed by atoms with Crippen molar-refractivity contribution in [2.75, 3.05) is 25.6 Å². The average molecular weight is 627 g/mol. The lowest BCUT2D eigenvalue weighted by molar-refractivity contribution is -0.133. The van der Waals surface area contributed by atoms with E-state index in [2.05, 4.69) is 39.6 Å². The Morgan fingerprint density at radius 2 is 1.96 bits per heavy atom. The van der Waals surface area contributed by atoms with Crippen molar-refractivity contribution in [1.82, 2.24) is 15.6 Å². The van der Waals surface area contributed by atoms with Crippen molar-refractivity contribution in [3.63, 3.8) is 0 Å². The summed E-state index contributed by atoms with van der Waals surface area (Å²) in [6.07, 6.45) is 9.14. The summed E-state index contributed by atoms with van der Waals surface area (Å²) in [7, 11) is 1.68. The molecule has 0 unspecified atom stereocenters. The maximum atomic E-state index is 15.3. The molecule has 0 saturated heterocycles. The van der Waals surface area contributed by atoms with Gasteiger partial charge >= 0.3 is 0 Å². The fourth-order valence-electron chi connectivity index (χ4n) is 4.79. The maximum Gasteiger partial charge on any atom is 0.240 e. The van der Waals surface area contributed by atoms with Gasteiger partial charge in [-0.1, -0.05) is 36.9 Å². The number of methoxy groups -OCH3 is 1. The fraction of sp³-hybridized carbons (Fsp3) is 0.229. The summed E-state index contributed by atoms with van der Waals surface area (Å²) in [5.74, 6) is -1.06. The summed E-state index contributed by atoms with van der Waals surface area (Å²) in [6.45, 7) is 7.61. The predicted octanol–water partition coefficient (Wildman–Crippen LogP) is 7.11. The topological polar surface area (TPSA) is 102 Å². The highest BCUT2D eigenvalue weighted by molar-refractivity contribution is 7.22. The highest BCUT2D eigenvalue weighted by Gasteiger charge is 2.56. The number of rotatable bonds is 14. The number of pyridine rings is 1. The quantitative estimate of drug-likeness (QED) is 0.0784. The molecule has 10 heteroatoms. The van der Waals surface area contributed by atoms with E-state index >= 15 is 4.39 Å². The minimum atomic E-state index is -1.20. The number of hydrogen-bond donors (Lipinski definition) is 3. The van der Waals surface area contributed by atoms with E-state index in [1.165, 1.54) is 23.5 Å². The number of carbonyl (C=O) groups excluding carboxylic acids is 2. The third kappa shape index (κ3) is 7.54. The van der Waals surface area contributed by atoms with Gasteiger partial charge in [0.15, 0.2) is 11.6 Å². The molecular weight excluding hydrogens is 591 g/mol. The number of fused-ring (bicyclic) bond motifs is 1. The highest BCUT2D eigenvalue weighted by atomic mass is 32.1. The van der Waals surface area contributed by atoms with Crippen LogP contribution in [0.1, 0.15) is 25.3 Å². The molecular formula is C35H35FN4O4S. The van der Waals surface area contributed by atoms with E-state index in [1.54, 1.807) is 49.7 Å². The molecule has 0 spiro atoms. The zero-order chi connectivity index (χ0) is 31.8. The minimum Gasteiger partial charge on any atom is -0.453 e. The van der Waals surface area contributed by atoms with Gasteiger partial charge in [0.2, 0.25) is 11.8 Å². The minimum absolute atomic E-state index is 0.00372. The summed E-state index contributed by atoms with van der Waals surface area (Å²) < 4.78 is 27.2. The molecule has 4 aromatic rings. The molecule has 3 N–H and O–H groups in total. The fourth-order valence-corrected chi connectivity index (χ4v) is 5.85. The van der Waals surface area contributed by atoms with Crippen LogP contribution in [0.25, 0.3) is 20.7 Å². The normalized spacial score (nSPS) is 14.0. The molecule has 0 radical (unpaired) electrons. The first-order valence-electron chi connectivity index (χ1n) is 14.6. The van der Waals surface area contributed by atoms with E-state index in [-0.39, 0.29) is 11.4 Å². The second kappa shape index (κ2) is 14.4. The smallest absolute Gasteiger partial charge is 0.240 e. The number of amides is 2. The Labute approximate surface area is 265 Å². The van der Waals surface area contributed by atoms with Crippen molar-refractivity contribution in [3.8, 4) is 21.9 Å². The van der Waals surface area contributed by atoms with Gasteiger partial charge in [-0.2, -0.15) is 0 Å². The maximum absolute atomic E-state index is 15.3. The number of nitrogens with one attached hydrogen (secondary N) is 3. The van der Waals surface area contributed by atoms with E-state index in [0.717, 1.165) is 39.3 Å². The Hall–Kier alpha value is -4.64. The van der Waals surface area contributed by atoms with Crippen molar-refractivity contribution in [3.05, 3.63) is 109 Å². The van der Waals surface area contributed by atoms with E-state index in [0.29, 0.717) is 30.9 Å². The van der Waals surface area contributed by atoms with Crippen LogP contribution in [-0.2, 0) is 20.9 Å². The molecule has 2 heterocycles. The Balaban J connectivity index is 1.28. The van der Waals surface area contributed by atoms with Gasteiger partial charge in [-0.15, -0.1) is 11.3 Å². The van der Waals surface area contributed by atoms with Gasteiger partial charge in [0.05, 0.1) is 16.8 Å². The number of anilines is 1. The molecule has 0 atom stereocenters. The molecule has 5 rings (SSSR count). The lowest BCUT2D eigenvalue weighted by Crippen LogP contribution is -2.39. The van der Waals surface area contributed by atoms with Gasteiger partial charge < -0.3 is 25.4 Å². The number of benzene rings is 2. The molecule has 2 amide bonds. The summed E-state index contributed by atoms with van der Waals surface area (Å²) in [5, 5.41) is 8.83. The third-order valence-electron chi connectivity index (χ3n) is 7.33. The van der Waals surface area contributed by atoms with Crippen molar-refractivity contribution in [2.45, 2.75) is 26.3 Å². The third-order valence-corrected chi connectivity index (χ3v) is 8.52. The zero-order valence-electron chi connectivity index (χ0n) is 25.2. The Bertz CT molecular complexity index is 1780. The summed E-state index contributed by atoms with van der Waals surface area (Å²) in [6, 6.07) is 16.2. The lowest BCUT2D eigenvalue weighted by atomic mass is 10.0. The average Bonchev–Trinajstić information content (AvgIpc) is 3.74. The molecule has 8 nitrogen and oxygen atoms in total. The van der Waals surface area contributed by atoms with E-state index in [9.17, 15) is 9.59 Å². The molecule has 2 aromatic heterocycles. The molecule has 1 fully saturated rings. The van der Waals surface area contributed by atoms with Crippen LogP contribution in [0.4, 0.5) is 10.1 Å². The predicted molar refractivity (Wildman–Crippen MR) is 177 cm³/mol. The monoisotopic (exact) mass is 626 g/mol. The SMILES string of the molecule is C=C/C=C(\C=C/C)NC(=O)C1(C(=O)Nc2ccc(Oc3ccnc4cc(-c5cccc(CNCCOC)c5)sc34)c(F)c2)CC1. The van der Waals surface area contributed by atoms with Crippen LogP contribution in [0.3, 0.4) is 0 Å². The van der Waals surface area contributed by atoms with Crippen LogP contribution in [0, 0.1) is 11.2 Å². The Kier molecular flexibility index (Phi) is 10.2. The van der Waals surface area contributed by atoms with Crippen molar-refractivity contribution in [2.24, 2.45) is 5.41 Å². The summed E-state index contributed by atoms with van der Waals surface area (Å²) in [4.78, 5) is 31.5. The van der Waals surface area contributed by atoms with Crippen LogP contribution in [-0.4, -0.2) is 37.1 Å². The first-order valence-corrected chi connectivity index (χ1v) is 15.4. The standard InChI is InChI=1S/C35H35FN4O4S/c1-4-7-25(8-5-2)39-33(41)35(14-15-35)34(42)40-26-11-12-29(27(36)20-26)44-30-13-16-38-28-21-31(45-32(28)30)24-10-6-9-23(19-24)22-37-17-18-43-3/h4-13,16,19-21,37H,1,14-15,17-18,22H2,2-3H3,(H,39,41)(H,40,42)/b8-5-,25-7+. The van der Waals surface area contributed by atoms with Gasteiger partial charge in [-0.3, -0.25) is 14.6 Å².